The van der Waals surface area contributed by atoms with Gasteiger partial charge < -0.3 is 9.88 Å². The van der Waals surface area contributed by atoms with Gasteiger partial charge in [-0.2, -0.15) is 5.26 Å². The molecule has 0 bridgehead atoms. The molecule has 22 heavy (non-hydrogen) atoms. The van der Waals surface area contributed by atoms with Crippen LogP contribution in [0.25, 0.3) is 10.9 Å². The number of fused-ring (bicyclic) bond motifs is 1. The topological polar surface area (TPSA) is 59.9 Å². The summed E-state index contributed by atoms with van der Waals surface area (Å²) in [6.07, 6.45) is 6.54. The quantitative estimate of drug-likeness (QED) is 0.878. The molecular weight excluding hydrogens is 274 g/mol. The summed E-state index contributed by atoms with van der Waals surface area (Å²) in [7, 11) is 0. The zero-order chi connectivity index (χ0) is 15.2. The van der Waals surface area contributed by atoms with Gasteiger partial charge in [-0.3, -0.25) is 4.79 Å². The molecule has 1 aliphatic carbocycles. The van der Waals surface area contributed by atoms with E-state index in [-0.39, 0.29) is 11.1 Å². The average Bonchev–Trinajstić information content (AvgIpc) is 2.52. The molecule has 1 saturated heterocycles. The van der Waals surface area contributed by atoms with Crippen molar-refractivity contribution < 1.29 is 0 Å². The minimum absolute atomic E-state index is 0.254. The van der Waals surface area contributed by atoms with Crippen molar-refractivity contribution in [1.29, 1.82) is 5.26 Å². The number of nitrogens with zero attached hydrogens (tertiary/aromatic N) is 2. The predicted octanol–water partition coefficient (Wildman–Crippen LogP) is 3.17. The fourth-order valence-electron chi connectivity index (χ4n) is 4.20. The summed E-state index contributed by atoms with van der Waals surface area (Å²) >= 11 is 0. The summed E-state index contributed by atoms with van der Waals surface area (Å²) in [6.45, 7) is 1.96. The summed E-state index contributed by atoms with van der Waals surface area (Å²) in [5, 5.41) is 10.4. The zero-order valence-corrected chi connectivity index (χ0v) is 12.6. The molecule has 2 heterocycles. The third-order valence-corrected chi connectivity index (χ3v) is 5.29. The molecule has 4 heteroatoms. The monoisotopic (exact) mass is 293 g/mol. The van der Waals surface area contributed by atoms with Crippen LogP contribution in [-0.4, -0.2) is 18.1 Å². The number of hydrogen-bond donors (Lipinski definition) is 1. The Morgan fingerprint density at radius 1 is 1.14 bits per heavy atom. The van der Waals surface area contributed by atoms with Gasteiger partial charge in [-0.15, -0.1) is 0 Å². The van der Waals surface area contributed by atoms with Crippen LogP contribution in [0.3, 0.4) is 0 Å². The van der Waals surface area contributed by atoms with Crippen LogP contribution in [0.5, 0.6) is 0 Å². The lowest BCUT2D eigenvalue weighted by molar-refractivity contribution is 0.139. The van der Waals surface area contributed by atoms with Crippen molar-refractivity contribution in [3.8, 4) is 6.07 Å². The molecule has 2 aromatic rings. The second kappa shape index (κ2) is 4.88. The number of pyridine rings is 1. The molecular formula is C18H19N3O. The standard InChI is InChI=1S/C18H19N3O/c19-10-14-16(13-6-2-3-7-15(13)20-17(14)22)21-11-18(12-21)8-4-1-5-9-18/h2-3,6-7H,1,4-5,8-9,11-12H2,(H,20,22). The Hall–Kier alpha value is -2.28. The first-order chi connectivity index (χ1) is 10.7. The van der Waals surface area contributed by atoms with Crippen LogP contribution in [0.2, 0.25) is 0 Å². The van der Waals surface area contributed by atoms with E-state index in [9.17, 15) is 10.1 Å². The Kier molecular flexibility index (Phi) is 2.97. The Morgan fingerprint density at radius 3 is 2.59 bits per heavy atom. The largest absolute Gasteiger partial charge is 0.368 e. The number of para-hydroxylation sites is 1. The molecule has 1 aliphatic heterocycles. The first-order valence-electron chi connectivity index (χ1n) is 8.03. The zero-order valence-electron chi connectivity index (χ0n) is 12.6. The number of H-pyrrole nitrogens is 1. The lowest BCUT2D eigenvalue weighted by atomic mass is 9.68. The molecule has 1 aromatic carbocycles. The molecule has 2 fully saturated rings. The smallest absolute Gasteiger partial charge is 0.268 e. The maximum atomic E-state index is 12.2. The maximum absolute atomic E-state index is 12.2. The highest BCUT2D eigenvalue weighted by Gasteiger charge is 2.44. The third-order valence-electron chi connectivity index (χ3n) is 5.29. The van der Waals surface area contributed by atoms with Crippen LogP contribution in [0.15, 0.2) is 29.1 Å². The van der Waals surface area contributed by atoms with E-state index in [4.69, 9.17) is 0 Å². The molecule has 0 atom stereocenters. The Morgan fingerprint density at radius 2 is 1.86 bits per heavy atom. The summed E-state index contributed by atoms with van der Waals surface area (Å²) < 4.78 is 0. The van der Waals surface area contributed by atoms with Crippen LogP contribution in [0.1, 0.15) is 37.7 Å². The number of rotatable bonds is 1. The highest BCUT2D eigenvalue weighted by molar-refractivity contribution is 5.94. The predicted molar refractivity (Wildman–Crippen MR) is 87.0 cm³/mol. The first-order valence-corrected chi connectivity index (χ1v) is 8.03. The average molecular weight is 293 g/mol. The van der Waals surface area contributed by atoms with Crippen molar-refractivity contribution in [1.82, 2.24) is 4.98 Å². The van der Waals surface area contributed by atoms with Gasteiger partial charge in [0, 0.05) is 23.9 Å². The van der Waals surface area contributed by atoms with Crippen LogP contribution < -0.4 is 10.5 Å². The summed E-state index contributed by atoms with van der Waals surface area (Å²) in [5.74, 6) is 0. The van der Waals surface area contributed by atoms with E-state index in [1.165, 1.54) is 32.1 Å². The van der Waals surface area contributed by atoms with Crippen LogP contribution in [0.4, 0.5) is 5.69 Å². The van der Waals surface area contributed by atoms with E-state index >= 15 is 0 Å². The molecule has 4 rings (SSSR count). The number of anilines is 1. The SMILES string of the molecule is N#Cc1c(N2CC3(CCCCC3)C2)c2ccccc2[nH]c1=O. The minimum Gasteiger partial charge on any atom is -0.368 e. The maximum Gasteiger partial charge on any atom is 0.268 e. The van der Waals surface area contributed by atoms with Crippen molar-refractivity contribution in [2.24, 2.45) is 5.41 Å². The van der Waals surface area contributed by atoms with Gasteiger partial charge in [-0.05, 0) is 18.9 Å². The Labute approximate surface area is 129 Å². The van der Waals surface area contributed by atoms with Gasteiger partial charge in [0.05, 0.1) is 11.2 Å². The van der Waals surface area contributed by atoms with Gasteiger partial charge in [0.2, 0.25) is 0 Å². The first kappa shape index (κ1) is 13.4. The van der Waals surface area contributed by atoms with Gasteiger partial charge in [-0.25, -0.2) is 0 Å². The number of nitrogens with one attached hydrogen (secondary N) is 1. The molecule has 0 unspecified atom stereocenters. The third kappa shape index (κ3) is 1.93. The Bertz CT molecular complexity index is 816. The number of aromatic nitrogens is 1. The highest BCUT2D eigenvalue weighted by atomic mass is 16.1. The summed E-state index contributed by atoms with van der Waals surface area (Å²) in [5.41, 5.74) is 2.04. The lowest BCUT2D eigenvalue weighted by Gasteiger charge is -2.54. The molecule has 1 N–H and O–H groups in total. The number of aromatic amines is 1. The molecule has 1 aromatic heterocycles. The van der Waals surface area contributed by atoms with Crippen molar-refractivity contribution in [2.75, 3.05) is 18.0 Å². The van der Waals surface area contributed by atoms with E-state index in [1.807, 2.05) is 24.3 Å². The van der Waals surface area contributed by atoms with Crippen molar-refractivity contribution in [3.05, 3.63) is 40.2 Å². The Balaban J connectivity index is 1.79. The highest BCUT2D eigenvalue weighted by Crippen LogP contribution is 2.46. The van der Waals surface area contributed by atoms with Gasteiger partial charge in [0.25, 0.3) is 5.56 Å². The molecule has 1 saturated carbocycles. The van der Waals surface area contributed by atoms with Crippen LogP contribution in [0, 0.1) is 16.7 Å². The minimum atomic E-state index is -0.277. The number of benzene rings is 1. The van der Waals surface area contributed by atoms with Gasteiger partial charge >= 0.3 is 0 Å². The lowest BCUT2D eigenvalue weighted by Crippen LogP contribution is -2.57. The van der Waals surface area contributed by atoms with Gasteiger partial charge in [0.15, 0.2) is 0 Å². The van der Waals surface area contributed by atoms with Crippen LogP contribution >= 0.6 is 0 Å². The summed E-state index contributed by atoms with van der Waals surface area (Å²) in [4.78, 5) is 17.2. The molecule has 0 amide bonds. The van der Waals surface area contributed by atoms with Crippen molar-refractivity contribution in [2.45, 2.75) is 32.1 Å². The van der Waals surface area contributed by atoms with E-state index in [0.717, 1.165) is 29.7 Å². The molecule has 4 nitrogen and oxygen atoms in total. The second-order valence-electron chi connectivity index (χ2n) is 6.75. The van der Waals surface area contributed by atoms with E-state index in [0.29, 0.717) is 5.41 Å². The molecule has 0 radical (unpaired) electrons. The molecule has 112 valence electrons. The molecule has 2 aliphatic rings. The number of nitriles is 1. The van der Waals surface area contributed by atoms with Gasteiger partial charge in [0.1, 0.15) is 11.6 Å². The second-order valence-corrected chi connectivity index (χ2v) is 6.75. The fourth-order valence-corrected chi connectivity index (χ4v) is 4.20. The van der Waals surface area contributed by atoms with E-state index < -0.39 is 0 Å². The van der Waals surface area contributed by atoms with Gasteiger partial charge in [-0.1, -0.05) is 37.5 Å². The van der Waals surface area contributed by atoms with Crippen LogP contribution in [-0.2, 0) is 0 Å². The van der Waals surface area contributed by atoms with Crippen molar-refractivity contribution >= 4 is 16.6 Å². The summed E-state index contributed by atoms with van der Waals surface area (Å²) in [6, 6.07) is 9.87. The van der Waals surface area contributed by atoms with E-state index in [1.54, 1.807) is 0 Å². The molecule has 1 spiro atoms. The van der Waals surface area contributed by atoms with E-state index in [2.05, 4.69) is 16.0 Å². The fraction of sp³-hybridized carbons (Fsp3) is 0.444. The van der Waals surface area contributed by atoms with Crippen molar-refractivity contribution in [3.63, 3.8) is 0 Å². The normalized spacial score (nSPS) is 19.9. The number of hydrogen-bond acceptors (Lipinski definition) is 3.